The van der Waals surface area contributed by atoms with Gasteiger partial charge in [0.2, 0.25) is 0 Å². The summed E-state index contributed by atoms with van der Waals surface area (Å²) < 4.78 is 10.6. The van der Waals surface area contributed by atoms with Crippen LogP contribution < -0.4 is 9.47 Å². The number of carboxylic acid groups (broad SMARTS) is 1. The number of likely N-dealkylation sites (tertiary alicyclic amines) is 1. The van der Waals surface area contributed by atoms with Gasteiger partial charge in [0.1, 0.15) is 5.69 Å². The first kappa shape index (κ1) is 17.7. The Morgan fingerprint density at radius 2 is 1.92 bits per heavy atom. The van der Waals surface area contributed by atoms with Crippen molar-refractivity contribution in [1.29, 1.82) is 0 Å². The molecule has 1 aromatic heterocycles. The predicted molar refractivity (Wildman–Crippen MR) is 93.8 cm³/mol. The largest absolute Gasteiger partial charge is 0.493 e. The Hall–Kier alpha value is -3.09. The number of carbonyl (C=O) groups is 2. The van der Waals surface area contributed by atoms with Crippen molar-refractivity contribution in [1.82, 2.24) is 9.88 Å². The van der Waals surface area contributed by atoms with E-state index in [2.05, 4.69) is 4.98 Å². The summed E-state index contributed by atoms with van der Waals surface area (Å²) in [6.45, 7) is 0.637. The van der Waals surface area contributed by atoms with Gasteiger partial charge in [0.15, 0.2) is 11.5 Å². The molecule has 0 saturated carbocycles. The summed E-state index contributed by atoms with van der Waals surface area (Å²) in [5.41, 5.74) is 1.27. The molecule has 0 spiro atoms. The number of hydrogen-bond donors (Lipinski definition) is 1. The van der Waals surface area contributed by atoms with Crippen LogP contribution in [0.2, 0.25) is 0 Å². The van der Waals surface area contributed by atoms with Crippen molar-refractivity contribution in [3.8, 4) is 11.5 Å². The molecule has 0 radical (unpaired) electrons. The zero-order valence-corrected chi connectivity index (χ0v) is 14.6. The van der Waals surface area contributed by atoms with Crippen LogP contribution in [0.5, 0.6) is 11.5 Å². The van der Waals surface area contributed by atoms with E-state index in [9.17, 15) is 9.59 Å². The van der Waals surface area contributed by atoms with Crippen LogP contribution in [0.4, 0.5) is 0 Å². The third-order valence-electron chi connectivity index (χ3n) is 4.54. The first-order chi connectivity index (χ1) is 12.5. The monoisotopic (exact) mass is 356 g/mol. The van der Waals surface area contributed by atoms with Crippen LogP contribution in [0, 0.1) is 0 Å². The van der Waals surface area contributed by atoms with E-state index < -0.39 is 5.97 Å². The van der Waals surface area contributed by atoms with Crippen LogP contribution in [0.25, 0.3) is 0 Å². The van der Waals surface area contributed by atoms with Gasteiger partial charge in [-0.3, -0.25) is 4.79 Å². The third-order valence-corrected chi connectivity index (χ3v) is 4.54. The molecule has 1 saturated heterocycles. The summed E-state index contributed by atoms with van der Waals surface area (Å²) in [6, 6.07) is 8.43. The number of ether oxygens (including phenoxy) is 2. The van der Waals surface area contributed by atoms with Gasteiger partial charge in [-0.25, -0.2) is 9.78 Å². The highest BCUT2D eigenvalue weighted by atomic mass is 16.5. The van der Waals surface area contributed by atoms with Crippen molar-refractivity contribution in [3.05, 3.63) is 53.3 Å². The lowest BCUT2D eigenvalue weighted by molar-refractivity contribution is 0.0685. The van der Waals surface area contributed by atoms with Gasteiger partial charge < -0.3 is 19.5 Å². The molecule has 0 aliphatic carbocycles. The molecule has 2 aromatic rings. The van der Waals surface area contributed by atoms with Crippen LogP contribution >= 0.6 is 0 Å². The Kier molecular flexibility index (Phi) is 5.06. The number of carbonyl (C=O) groups excluding carboxylic acids is 1. The first-order valence-corrected chi connectivity index (χ1v) is 8.27. The van der Waals surface area contributed by atoms with E-state index in [0.717, 1.165) is 18.4 Å². The second-order valence-corrected chi connectivity index (χ2v) is 6.01. The van der Waals surface area contributed by atoms with E-state index in [0.29, 0.717) is 23.6 Å². The predicted octanol–water partition coefficient (Wildman–Crippen LogP) is 2.77. The topological polar surface area (TPSA) is 89.0 Å². The lowest BCUT2D eigenvalue weighted by Crippen LogP contribution is -2.30. The number of methoxy groups -OCH3 is 2. The molecule has 1 aromatic carbocycles. The van der Waals surface area contributed by atoms with E-state index >= 15 is 0 Å². The molecule has 1 aliphatic rings. The van der Waals surface area contributed by atoms with Crippen molar-refractivity contribution >= 4 is 11.9 Å². The van der Waals surface area contributed by atoms with Crippen molar-refractivity contribution in [2.45, 2.75) is 18.9 Å². The average molecular weight is 356 g/mol. The van der Waals surface area contributed by atoms with Crippen molar-refractivity contribution in [2.75, 3.05) is 20.8 Å². The molecule has 1 fully saturated rings. The molecule has 136 valence electrons. The van der Waals surface area contributed by atoms with Gasteiger partial charge in [0.25, 0.3) is 5.91 Å². The fourth-order valence-electron chi connectivity index (χ4n) is 3.23. The lowest BCUT2D eigenvalue weighted by Gasteiger charge is -2.25. The van der Waals surface area contributed by atoms with Crippen LogP contribution in [0.15, 0.2) is 36.5 Å². The molecule has 1 N–H and O–H groups in total. The Labute approximate surface area is 151 Å². The maximum Gasteiger partial charge on any atom is 0.354 e. The second-order valence-electron chi connectivity index (χ2n) is 6.01. The maximum atomic E-state index is 12.9. The minimum absolute atomic E-state index is 0.0681. The van der Waals surface area contributed by atoms with Gasteiger partial charge in [0.05, 0.1) is 25.8 Å². The Morgan fingerprint density at radius 1 is 1.15 bits per heavy atom. The Morgan fingerprint density at radius 3 is 2.54 bits per heavy atom. The molecule has 1 atom stereocenters. The molecule has 7 nitrogen and oxygen atoms in total. The van der Waals surface area contributed by atoms with E-state index in [-0.39, 0.29) is 17.6 Å². The SMILES string of the molecule is COc1ccc([C@@H]2CCCN2C(=O)c2ccc(C(=O)O)nc2)cc1OC. The molecule has 1 aliphatic heterocycles. The van der Waals surface area contributed by atoms with Gasteiger partial charge in [-0.05, 0) is 42.7 Å². The number of aromatic carboxylic acids is 1. The number of amides is 1. The Balaban J connectivity index is 1.85. The summed E-state index contributed by atoms with van der Waals surface area (Å²) in [5, 5.41) is 8.93. The number of rotatable bonds is 5. The number of pyridine rings is 1. The molecular formula is C19H20N2O5. The molecule has 1 amide bonds. The standard InChI is InChI=1S/C19H20N2O5/c1-25-16-8-6-12(10-17(16)26-2)15-4-3-9-21(15)18(22)13-5-7-14(19(23)24)20-11-13/h5-8,10-11,15H,3-4,9H2,1-2H3,(H,23,24)/t15-/m0/s1. The number of nitrogens with zero attached hydrogens (tertiary/aromatic N) is 2. The van der Waals surface area contributed by atoms with Crippen LogP contribution in [-0.2, 0) is 0 Å². The van der Waals surface area contributed by atoms with Crippen molar-refractivity contribution in [2.24, 2.45) is 0 Å². The van der Waals surface area contributed by atoms with Crippen LogP contribution in [-0.4, -0.2) is 47.6 Å². The zero-order chi connectivity index (χ0) is 18.7. The molecule has 2 heterocycles. The zero-order valence-electron chi connectivity index (χ0n) is 14.6. The van der Waals surface area contributed by atoms with E-state index in [4.69, 9.17) is 14.6 Å². The van der Waals surface area contributed by atoms with E-state index in [1.807, 2.05) is 18.2 Å². The summed E-state index contributed by atoms with van der Waals surface area (Å²) >= 11 is 0. The fourth-order valence-corrected chi connectivity index (χ4v) is 3.23. The van der Waals surface area contributed by atoms with Crippen LogP contribution in [0.1, 0.15) is 45.3 Å². The first-order valence-electron chi connectivity index (χ1n) is 8.27. The number of carboxylic acids is 1. The fraction of sp³-hybridized carbons (Fsp3) is 0.316. The highest BCUT2D eigenvalue weighted by Gasteiger charge is 2.31. The molecule has 26 heavy (non-hydrogen) atoms. The van der Waals surface area contributed by atoms with Crippen molar-refractivity contribution < 1.29 is 24.2 Å². The highest BCUT2D eigenvalue weighted by Crippen LogP contribution is 2.37. The third kappa shape index (κ3) is 3.33. The summed E-state index contributed by atoms with van der Waals surface area (Å²) in [5.74, 6) is -0.0162. The summed E-state index contributed by atoms with van der Waals surface area (Å²) in [4.78, 5) is 29.4. The molecule has 7 heteroatoms. The summed E-state index contributed by atoms with van der Waals surface area (Å²) in [6.07, 6.45) is 3.06. The van der Waals surface area contributed by atoms with E-state index in [1.54, 1.807) is 19.1 Å². The van der Waals surface area contributed by atoms with Gasteiger partial charge in [-0.1, -0.05) is 6.07 Å². The van der Waals surface area contributed by atoms with Crippen molar-refractivity contribution in [3.63, 3.8) is 0 Å². The molecular weight excluding hydrogens is 336 g/mol. The number of aromatic nitrogens is 1. The Bertz CT molecular complexity index is 819. The second kappa shape index (κ2) is 7.43. The smallest absolute Gasteiger partial charge is 0.354 e. The number of hydrogen-bond acceptors (Lipinski definition) is 5. The molecule has 3 rings (SSSR count). The van der Waals surface area contributed by atoms with Gasteiger partial charge in [0, 0.05) is 12.7 Å². The minimum atomic E-state index is -1.12. The molecule has 0 unspecified atom stereocenters. The van der Waals surface area contributed by atoms with Gasteiger partial charge >= 0.3 is 5.97 Å². The average Bonchev–Trinajstić information content (AvgIpc) is 3.16. The van der Waals surface area contributed by atoms with E-state index in [1.165, 1.54) is 18.3 Å². The van der Waals surface area contributed by atoms with Gasteiger partial charge in [-0.15, -0.1) is 0 Å². The quantitative estimate of drug-likeness (QED) is 0.886. The van der Waals surface area contributed by atoms with Crippen LogP contribution in [0.3, 0.4) is 0 Å². The van der Waals surface area contributed by atoms with Gasteiger partial charge in [-0.2, -0.15) is 0 Å². The molecule has 0 bridgehead atoms. The summed E-state index contributed by atoms with van der Waals surface area (Å²) in [7, 11) is 3.16. The highest BCUT2D eigenvalue weighted by molar-refractivity contribution is 5.95. The lowest BCUT2D eigenvalue weighted by atomic mass is 10.0. The number of benzene rings is 1. The normalized spacial score (nSPS) is 16.4. The maximum absolute atomic E-state index is 12.9. The minimum Gasteiger partial charge on any atom is -0.493 e.